The van der Waals surface area contributed by atoms with Gasteiger partial charge in [-0.05, 0) is 75.8 Å². The van der Waals surface area contributed by atoms with Crippen molar-refractivity contribution in [2.45, 2.75) is 52.1 Å². The fourth-order valence-electron chi connectivity index (χ4n) is 5.03. The Kier molecular flexibility index (Phi) is 6.62. The third-order valence-electron chi connectivity index (χ3n) is 6.97. The molecule has 4 aromatic rings. The number of carbonyl (C=O) groups excluding carboxylic acids is 1. The number of amides is 1. The summed E-state index contributed by atoms with van der Waals surface area (Å²) in [5.74, 6) is -0.408. The standard InChI is InChI=1S/C27H27ClFN5O2/c1-16-6-11-21(14-30-16)34-24-5-3-4-23(29)25(24)33(27(34)36)15-18-7-9-20(10-8-18)32-26(35)22-12-19(28)13-31-17(22)2/h3-6,11-14,18,20H,7-10,15H2,1-2H3,(H,32,35)/t18-,20-. The second kappa shape index (κ2) is 9.85. The van der Waals surface area contributed by atoms with Crippen molar-refractivity contribution in [3.63, 3.8) is 0 Å². The van der Waals surface area contributed by atoms with Gasteiger partial charge in [-0.3, -0.25) is 23.9 Å². The molecule has 0 spiro atoms. The summed E-state index contributed by atoms with van der Waals surface area (Å²) in [6, 6.07) is 10.1. The van der Waals surface area contributed by atoms with Crippen molar-refractivity contribution in [1.29, 1.82) is 0 Å². The first-order valence-corrected chi connectivity index (χ1v) is 12.5. The number of rotatable bonds is 5. The van der Waals surface area contributed by atoms with Crippen LogP contribution in [0.2, 0.25) is 5.02 Å². The molecule has 186 valence electrons. The van der Waals surface area contributed by atoms with Gasteiger partial charge in [0.05, 0.1) is 33.7 Å². The summed E-state index contributed by atoms with van der Waals surface area (Å²) >= 11 is 6.01. The van der Waals surface area contributed by atoms with Gasteiger partial charge in [-0.1, -0.05) is 17.7 Å². The van der Waals surface area contributed by atoms with Crippen molar-refractivity contribution < 1.29 is 9.18 Å². The maximum Gasteiger partial charge on any atom is 0.333 e. The van der Waals surface area contributed by atoms with Gasteiger partial charge in [-0.2, -0.15) is 0 Å². The molecule has 1 saturated carbocycles. The Hall–Kier alpha value is -3.52. The maximum absolute atomic E-state index is 15.0. The molecule has 1 N–H and O–H groups in total. The lowest BCUT2D eigenvalue weighted by Crippen LogP contribution is -2.39. The molecule has 5 rings (SSSR count). The average molecular weight is 508 g/mol. The van der Waals surface area contributed by atoms with Gasteiger partial charge in [0, 0.05) is 24.5 Å². The first-order chi connectivity index (χ1) is 17.3. The van der Waals surface area contributed by atoms with Crippen molar-refractivity contribution >= 4 is 28.5 Å². The Labute approximate surface area is 213 Å². The van der Waals surface area contributed by atoms with E-state index in [1.165, 1.54) is 16.8 Å². The zero-order valence-electron chi connectivity index (χ0n) is 20.2. The second-order valence-electron chi connectivity index (χ2n) is 9.47. The summed E-state index contributed by atoms with van der Waals surface area (Å²) in [6.45, 7) is 4.07. The molecule has 0 saturated heterocycles. The summed E-state index contributed by atoms with van der Waals surface area (Å²) < 4.78 is 18.0. The van der Waals surface area contributed by atoms with E-state index < -0.39 is 5.82 Å². The van der Waals surface area contributed by atoms with E-state index in [0.717, 1.165) is 31.4 Å². The normalized spacial score (nSPS) is 17.9. The van der Waals surface area contributed by atoms with E-state index in [-0.39, 0.29) is 23.6 Å². The first-order valence-electron chi connectivity index (χ1n) is 12.1. The number of aryl methyl sites for hydroxylation is 2. The molecule has 1 amide bonds. The molecule has 0 aliphatic heterocycles. The number of para-hydroxylation sites is 1. The van der Waals surface area contributed by atoms with Crippen molar-refractivity contribution in [3.05, 3.63) is 87.1 Å². The molecular formula is C27H27ClFN5O2. The fourth-order valence-corrected chi connectivity index (χ4v) is 5.19. The first kappa shape index (κ1) is 24.2. The molecular weight excluding hydrogens is 481 g/mol. The molecule has 1 aliphatic carbocycles. The van der Waals surface area contributed by atoms with Crippen molar-refractivity contribution in [3.8, 4) is 5.69 Å². The Bertz CT molecular complexity index is 1490. The van der Waals surface area contributed by atoms with Crippen LogP contribution in [-0.4, -0.2) is 31.1 Å². The lowest BCUT2D eigenvalue weighted by atomic mass is 9.85. The Morgan fingerprint density at radius 2 is 1.89 bits per heavy atom. The van der Waals surface area contributed by atoms with E-state index in [0.29, 0.717) is 39.5 Å². The van der Waals surface area contributed by atoms with Crippen LogP contribution < -0.4 is 11.0 Å². The van der Waals surface area contributed by atoms with Gasteiger partial charge in [0.1, 0.15) is 11.3 Å². The Balaban J connectivity index is 1.33. The zero-order chi connectivity index (χ0) is 25.4. The van der Waals surface area contributed by atoms with Crippen molar-refractivity contribution in [1.82, 2.24) is 24.4 Å². The van der Waals surface area contributed by atoms with E-state index >= 15 is 0 Å². The molecule has 0 atom stereocenters. The number of hydrogen-bond donors (Lipinski definition) is 1. The highest BCUT2D eigenvalue weighted by Gasteiger charge is 2.26. The highest BCUT2D eigenvalue weighted by molar-refractivity contribution is 6.30. The molecule has 0 bridgehead atoms. The summed E-state index contributed by atoms with van der Waals surface area (Å²) in [7, 11) is 0. The maximum atomic E-state index is 15.0. The predicted molar refractivity (Wildman–Crippen MR) is 137 cm³/mol. The summed E-state index contributed by atoms with van der Waals surface area (Å²) in [5.41, 5.74) is 3.11. The minimum absolute atomic E-state index is 0.0283. The number of nitrogens with one attached hydrogen (secondary N) is 1. The van der Waals surface area contributed by atoms with Crippen LogP contribution >= 0.6 is 11.6 Å². The SMILES string of the molecule is Cc1ccc(-n2c(=O)n(C[C@H]3CC[C@H](NC(=O)c4cc(Cl)cnc4C)CC3)c3c(F)cccc32)cn1. The van der Waals surface area contributed by atoms with Crippen LogP contribution in [0.3, 0.4) is 0 Å². The predicted octanol–water partition coefficient (Wildman–Crippen LogP) is 4.98. The van der Waals surface area contributed by atoms with Crippen molar-refractivity contribution in [2.75, 3.05) is 0 Å². The number of hydrogen-bond acceptors (Lipinski definition) is 4. The molecule has 0 radical (unpaired) electrons. The topological polar surface area (TPSA) is 81.8 Å². The van der Waals surface area contributed by atoms with Crippen LogP contribution in [-0.2, 0) is 6.54 Å². The van der Waals surface area contributed by atoms with Gasteiger partial charge in [-0.15, -0.1) is 0 Å². The lowest BCUT2D eigenvalue weighted by Gasteiger charge is -2.29. The third kappa shape index (κ3) is 4.65. The second-order valence-corrected chi connectivity index (χ2v) is 9.91. The van der Waals surface area contributed by atoms with Gasteiger partial charge in [-0.25, -0.2) is 9.18 Å². The number of benzene rings is 1. The van der Waals surface area contributed by atoms with E-state index in [9.17, 15) is 14.0 Å². The van der Waals surface area contributed by atoms with Crippen LogP contribution in [0.4, 0.5) is 4.39 Å². The number of nitrogens with zero attached hydrogens (tertiary/aromatic N) is 4. The average Bonchev–Trinajstić information content (AvgIpc) is 3.14. The summed E-state index contributed by atoms with van der Waals surface area (Å²) in [5, 5.41) is 3.51. The molecule has 36 heavy (non-hydrogen) atoms. The van der Waals surface area contributed by atoms with Crippen LogP contribution in [0.5, 0.6) is 0 Å². The van der Waals surface area contributed by atoms with Gasteiger partial charge >= 0.3 is 5.69 Å². The minimum atomic E-state index is -0.421. The number of pyridine rings is 2. The summed E-state index contributed by atoms with van der Waals surface area (Å²) in [4.78, 5) is 34.7. The quantitative estimate of drug-likeness (QED) is 0.413. The lowest BCUT2D eigenvalue weighted by molar-refractivity contribution is 0.0919. The number of aromatic nitrogens is 4. The number of halogens is 2. The Morgan fingerprint density at radius 1 is 1.11 bits per heavy atom. The third-order valence-corrected chi connectivity index (χ3v) is 7.18. The van der Waals surface area contributed by atoms with Crippen molar-refractivity contribution in [2.24, 2.45) is 5.92 Å². The minimum Gasteiger partial charge on any atom is -0.349 e. The van der Waals surface area contributed by atoms with Crippen LogP contribution in [0, 0.1) is 25.6 Å². The smallest absolute Gasteiger partial charge is 0.333 e. The van der Waals surface area contributed by atoms with E-state index in [1.807, 2.05) is 19.1 Å². The molecule has 3 heterocycles. The zero-order valence-corrected chi connectivity index (χ0v) is 20.9. The van der Waals surface area contributed by atoms with Gasteiger partial charge in [0.25, 0.3) is 5.91 Å². The number of fused-ring (bicyclic) bond motifs is 1. The number of imidazole rings is 1. The van der Waals surface area contributed by atoms with Crippen LogP contribution in [0.15, 0.2) is 53.6 Å². The highest BCUT2D eigenvalue weighted by atomic mass is 35.5. The van der Waals surface area contributed by atoms with Gasteiger partial charge in [0.2, 0.25) is 0 Å². The highest BCUT2D eigenvalue weighted by Crippen LogP contribution is 2.28. The van der Waals surface area contributed by atoms with E-state index in [4.69, 9.17) is 11.6 Å². The van der Waals surface area contributed by atoms with E-state index in [2.05, 4.69) is 15.3 Å². The molecule has 9 heteroatoms. The van der Waals surface area contributed by atoms with Gasteiger partial charge < -0.3 is 5.32 Å². The van der Waals surface area contributed by atoms with Gasteiger partial charge in [0.15, 0.2) is 0 Å². The molecule has 1 fully saturated rings. The number of carbonyl (C=O) groups is 1. The monoisotopic (exact) mass is 507 g/mol. The molecule has 3 aromatic heterocycles. The summed E-state index contributed by atoms with van der Waals surface area (Å²) in [6.07, 6.45) is 6.35. The van der Waals surface area contributed by atoms with Crippen LogP contribution in [0.25, 0.3) is 16.7 Å². The fraction of sp³-hybridized carbons (Fsp3) is 0.333. The molecule has 7 nitrogen and oxygen atoms in total. The van der Waals surface area contributed by atoms with E-state index in [1.54, 1.807) is 35.9 Å². The Morgan fingerprint density at radius 3 is 2.61 bits per heavy atom. The molecule has 1 aromatic carbocycles. The molecule has 1 aliphatic rings. The largest absolute Gasteiger partial charge is 0.349 e. The van der Waals surface area contributed by atoms with Crippen LogP contribution in [0.1, 0.15) is 47.4 Å². The molecule has 0 unspecified atom stereocenters.